The minimum absolute atomic E-state index is 0.0370. The summed E-state index contributed by atoms with van der Waals surface area (Å²) >= 11 is 0.948. The van der Waals surface area contributed by atoms with Crippen LogP contribution in [0.5, 0.6) is 0 Å². The van der Waals surface area contributed by atoms with Crippen molar-refractivity contribution in [3.8, 4) is 0 Å². The number of carbonyl (C=O) groups excluding carboxylic acids is 5. The standard InChI is InChI=1S/C30H28N8O9S/c31-18(30(46)47)8-9-23(40)34-20(12-48-13-22(39)14-4-6-15(7-5-14)36-37-33)29(45)38(11-24(41)42)21-3-1-2-16-19(32)10-17-26(25(16)21)28(44)35-27(17)43/h1-7,10,18,20H,8-9,11-13,31-32H2,(H,34,40)(H,41,42)(H,46,47)(H,35,43,44). The molecule has 1 heterocycles. The number of thioether (sulfide) groups is 1. The average Bonchev–Trinajstić information content (AvgIpc) is 3.33. The van der Waals surface area contributed by atoms with E-state index in [1.54, 1.807) is 0 Å². The summed E-state index contributed by atoms with van der Waals surface area (Å²) in [4.78, 5) is 91.9. The molecule has 3 aromatic carbocycles. The molecule has 48 heavy (non-hydrogen) atoms. The van der Waals surface area contributed by atoms with Gasteiger partial charge in [0.2, 0.25) is 5.91 Å². The van der Waals surface area contributed by atoms with Crippen LogP contribution in [0.25, 0.3) is 21.2 Å². The average molecular weight is 677 g/mol. The van der Waals surface area contributed by atoms with E-state index >= 15 is 0 Å². The van der Waals surface area contributed by atoms with Crippen LogP contribution in [0, 0.1) is 0 Å². The molecule has 0 bridgehead atoms. The fourth-order valence-corrected chi connectivity index (χ4v) is 5.86. The van der Waals surface area contributed by atoms with Crippen LogP contribution in [0.1, 0.15) is 43.9 Å². The van der Waals surface area contributed by atoms with Gasteiger partial charge < -0.3 is 27.0 Å². The molecule has 0 spiro atoms. The number of carboxylic acids is 2. The zero-order valence-corrected chi connectivity index (χ0v) is 25.7. The van der Waals surface area contributed by atoms with E-state index in [9.17, 15) is 38.7 Å². The predicted molar refractivity (Wildman–Crippen MR) is 174 cm³/mol. The van der Waals surface area contributed by atoms with Gasteiger partial charge in [-0.25, -0.2) is 0 Å². The molecule has 0 aliphatic carbocycles. The second kappa shape index (κ2) is 15.1. The van der Waals surface area contributed by atoms with Crippen molar-refractivity contribution in [2.45, 2.75) is 24.9 Å². The molecule has 0 fully saturated rings. The number of azide groups is 1. The lowest BCUT2D eigenvalue weighted by Crippen LogP contribution is -2.52. The van der Waals surface area contributed by atoms with E-state index in [-0.39, 0.29) is 62.5 Å². The molecule has 17 nitrogen and oxygen atoms in total. The Balaban J connectivity index is 1.68. The van der Waals surface area contributed by atoms with Crippen LogP contribution in [0.4, 0.5) is 17.1 Å². The molecular weight excluding hydrogens is 648 g/mol. The number of hydrogen-bond acceptors (Lipinski definition) is 11. The van der Waals surface area contributed by atoms with E-state index < -0.39 is 60.6 Å². The number of amides is 4. The molecule has 18 heteroatoms. The number of nitrogens with one attached hydrogen (secondary N) is 2. The van der Waals surface area contributed by atoms with Crippen molar-refractivity contribution in [3.63, 3.8) is 0 Å². The van der Waals surface area contributed by atoms with Crippen LogP contribution in [-0.2, 0) is 19.2 Å². The molecule has 4 rings (SSSR count). The van der Waals surface area contributed by atoms with Crippen LogP contribution >= 0.6 is 11.8 Å². The first-order valence-electron chi connectivity index (χ1n) is 14.1. The van der Waals surface area contributed by atoms with Gasteiger partial charge >= 0.3 is 11.9 Å². The number of anilines is 2. The lowest BCUT2D eigenvalue weighted by molar-refractivity contribution is -0.139. The Labute approximate surface area is 275 Å². The van der Waals surface area contributed by atoms with Crippen LogP contribution in [0.3, 0.4) is 0 Å². The number of nitrogen functional groups attached to an aromatic ring is 1. The highest BCUT2D eigenvalue weighted by Gasteiger charge is 2.35. The molecule has 2 unspecified atom stereocenters. The maximum absolute atomic E-state index is 14.2. The van der Waals surface area contributed by atoms with Crippen molar-refractivity contribution in [1.29, 1.82) is 0 Å². The molecule has 248 valence electrons. The third-order valence-electron chi connectivity index (χ3n) is 7.22. The Kier molecular flexibility index (Phi) is 11.0. The van der Waals surface area contributed by atoms with E-state index in [0.717, 1.165) is 16.7 Å². The molecule has 4 amide bonds. The monoisotopic (exact) mass is 676 g/mol. The van der Waals surface area contributed by atoms with Crippen LogP contribution in [0.2, 0.25) is 0 Å². The van der Waals surface area contributed by atoms with Crippen molar-refractivity contribution in [3.05, 3.63) is 75.7 Å². The number of carbonyl (C=O) groups is 7. The lowest BCUT2D eigenvalue weighted by Gasteiger charge is -2.28. The van der Waals surface area contributed by atoms with E-state index in [1.165, 1.54) is 48.5 Å². The molecular formula is C30H28N8O9S. The fourth-order valence-electron chi connectivity index (χ4n) is 4.93. The largest absolute Gasteiger partial charge is 0.480 e. The third kappa shape index (κ3) is 7.87. The maximum atomic E-state index is 14.2. The number of aliphatic carboxylic acids is 2. The minimum atomic E-state index is -1.46. The second-order valence-electron chi connectivity index (χ2n) is 10.5. The summed E-state index contributed by atoms with van der Waals surface area (Å²) < 4.78 is 0. The maximum Gasteiger partial charge on any atom is 0.323 e. The summed E-state index contributed by atoms with van der Waals surface area (Å²) in [6.07, 6.45) is -0.659. The Morgan fingerprint density at radius 1 is 1.06 bits per heavy atom. The zero-order chi connectivity index (χ0) is 35.1. The molecule has 0 aromatic heterocycles. The minimum Gasteiger partial charge on any atom is -0.480 e. The summed E-state index contributed by atoms with van der Waals surface area (Å²) in [5.74, 6) is -6.79. The number of imide groups is 1. The third-order valence-corrected chi connectivity index (χ3v) is 8.26. The highest BCUT2D eigenvalue weighted by Crippen LogP contribution is 2.37. The van der Waals surface area contributed by atoms with Gasteiger partial charge in [-0.3, -0.25) is 43.8 Å². The first-order chi connectivity index (χ1) is 22.8. The van der Waals surface area contributed by atoms with Crippen LogP contribution < -0.4 is 27.0 Å². The number of fused-ring (bicyclic) bond motifs is 3. The van der Waals surface area contributed by atoms with Crippen molar-refractivity contribution in [2.75, 3.05) is 28.7 Å². The fraction of sp³-hybridized carbons (Fsp3) is 0.233. The number of hydrogen-bond donors (Lipinski definition) is 6. The van der Waals surface area contributed by atoms with E-state index in [4.69, 9.17) is 22.1 Å². The number of ketones is 1. The van der Waals surface area contributed by atoms with E-state index in [1.807, 2.05) is 0 Å². The summed E-state index contributed by atoms with van der Waals surface area (Å²) in [7, 11) is 0. The van der Waals surface area contributed by atoms with Gasteiger partial charge in [0.05, 0.1) is 22.6 Å². The molecule has 0 radical (unpaired) electrons. The first-order valence-corrected chi connectivity index (χ1v) is 15.3. The lowest BCUT2D eigenvalue weighted by atomic mass is 9.96. The molecule has 1 aliphatic heterocycles. The van der Waals surface area contributed by atoms with Crippen molar-refractivity contribution < 1.29 is 43.8 Å². The highest BCUT2D eigenvalue weighted by molar-refractivity contribution is 8.00. The van der Waals surface area contributed by atoms with E-state index in [2.05, 4.69) is 20.7 Å². The number of benzene rings is 3. The Hall–Kier alpha value is -5.97. The van der Waals surface area contributed by atoms with Gasteiger partial charge in [-0.1, -0.05) is 41.5 Å². The van der Waals surface area contributed by atoms with Crippen molar-refractivity contribution >= 4 is 80.9 Å². The first kappa shape index (κ1) is 34.9. The number of nitrogens with zero attached hydrogens (tertiary/aromatic N) is 4. The highest BCUT2D eigenvalue weighted by atomic mass is 32.2. The number of nitrogens with two attached hydrogens (primary N) is 2. The molecule has 0 saturated carbocycles. The van der Waals surface area contributed by atoms with Gasteiger partial charge in [0, 0.05) is 44.8 Å². The van der Waals surface area contributed by atoms with Crippen molar-refractivity contribution in [2.24, 2.45) is 10.8 Å². The summed E-state index contributed by atoms with van der Waals surface area (Å²) in [5, 5.41) is 27.3. The smallest absolute Gasteiger partial charge is 0.323 e. The Morgan fingerprint density at radius 3 is 2.42 bits per heavy atom. The molecule has 3 aromatic rings. The number of carboxylic acid groups (broad SMARTS) is 2. The van der Waals surface area contributed by atoms with Gasteiger partial charge in [-0.2, -0.15) is 11.8 Å². The predicted octanol–water partition coefficient (Wildman–Crippen LogP) is 1.96. The zero-order valence-electron chi connectivity index (χ0n) is 24.9. The normalized spacial score (nSPS) is 13.1. The Morgan fingerprint density at radius 2 is 1.77 bits per heavy atom. The van der Waals surface area contributed by atoms with E-state index in [0.29, 0.717) is 5.69 Å². The SMILES string of the molecule is [N-]=[N+]=Nc1ccc(C(=O)CSCC(NC(=O)CCC(N)C(=O)O)C(=O)N(CC(=O)O)c2cccc3c(N)cc4c(c23)C(=O)NC4=O)cc1. The molecule has 0 saturated heterocycles. The van der Waals surface area contributed by atoms with Gasteiger partial charge in [0.1, 0.15) is 18.6 Å². The summed E-state index contributed by atoms with van der Waals surface area (Å²) in [5.41, 5.74) is 20.6. The molecule has 2 atom stereocenters. The number of Topliss-reactive ketones (excluding diaryl/α,β-unsaturated/α-hetero) is 1. The quantitative estimate of drug-likeness (QED) is 0.0336. The van der Waals surface area contributed by atoms with Gasteiger partial charge in [-0.05, 0) is 24.1 Å². The van der Waals surface area contributed by atoms with Gasteiger partial charge in [0.15, 0.2) is 5.78 Å². The van der Waals surface area contributed by atoms with Gasteiger partial charge in [-0.15, -0.1) is 0 Å². The summed E-state index contributed by atoms with van der Waals surface area (Å²) in [6.45, 7) is -0.936. The summed E-state index contributed by atoms with van der Waals surface area (Å²) in [6, 6.07) is 8.62. The van der Waals surface area contributed by atoms with Crippen LogP contribution in [0.15, 0.2) is 53.6 Å². The molecule has 1 aliphatic rings. The second-order valence-corrected chi connectivity index (χ2v) is 11.5. The van der Waals surface area contributed by atoms with Gasteiger partial charge in [0.25, 0.3) is 17.7 Å². The topological polar surface area (TPSA) is 288 Å². The van der Waals surface area contributed by atoms with Crippen LogP contribution in [-0.4, -0.2) is 81.7 Å². The molecule has 8 N–H and O–H groups in total. The number of rotatable bonds is 15. The van der Waals surface area contributed by atoms with Crippen molar-refractivity contribution in [1.82, 2.24) is 10.6 Å². The Bertz CT molecular complexity index is 1890.